The lowest BCUT2D eigenvalue weighted by Crippen LogP contribution is -2.00. The summed E-state index contributed by atoms with van der Waals surface area (Å²) in [6, 6.07) is 138. The standard InChI is InChI=1S/2C51H32N4/c1-3-14-33(15-4-1)49-52-50(34-16-5-2-6-17-34)54-51(53-49)39-20-13-19-35(31-39)36-26-28-41-38(30-36)27-29-46-48(41)44-24-11-12-25-45(44)55(46)47-32-37-18-7-8-21-40(37)42-22-9-10-23-43(42)47;1-3-13-34(14-4-1)49-52-50(35-15-5-2-6-16-35)54-51(53-49)36-25-23-33(24-26-36)37-27-29-41-39(31-37)28-30-46-48(41)44-21-11-12-22-45(44)55(46)47-32-38-17-7-8-18-40(38)42-19-9-10-20-43(42)47/h2*1-32H. The molecule has 0 aliphatic carbocycles. The zero-order chi connectivity index (χ0) is 72.6. The molecular weight excluding hydrogens is 1340 g/mol. The lowest BCUT2D eigenvalue weighted by atomic mass is 9.97. The number of para-hydroxylation sites is 2. The Morgan fingerprint density at radius 2 is 0.427 bits per heavy atom. The second-order valence-electron chi connectivity index (χ2n) is 28.1. The van der Waals surface area contributed by atoms with Crippen LogP contribution >= 0.6 is 0 Å². The predicted molar refractivity (Wildman–Crippen MR) is 457 cm³/mol. The van der Waals surface area contributed by atoms with Crippen LogP contribution in [-0.4, -0.2) is 39.0 Å². The van der Waals surface area contributed by atoms with Crippen molar-refractivity contribution in [3.05, 3.63) is 388 Å². The highest BCUT2D eigenvalue weighted by molar-refractivity contribution is 6.25. The van der Waals surface area contributed by atoms with Gasteiger partial charge in [-0.15, -0.1) is 0 Å². The molecule has 8 heteroatoms. The topological polar surface area (TPSA) is 87.2 Å². The summed E-state index contributed by atoms with van der Waals surface area (Å²) in [5.74, 6) is 3.91. The van der Waals surface area contributed by atoms with E-state index < -0.39 is 0 Å². The van der Waals surface area contributed by atoms with E-state index >= 15 is 0 Å². The molecular formula is C102H64N8. The van der Waals surface area contributed by atoms with Gasteiger partial charge < -0.3 is 9.13 Å². The van der Waals surface area contributed by atoms with Gasteiger partial charge in [-0.3, -0.25) is 0 Å². The Hall–Kier alpha value is -14.9. The number of benzene rings is 18. The molecule has 110 heavy (non-hydrogen) atoms. The average molecular weight is 1400 g/mol. The van der Waals surface area contributed by atoms with Crippen molar-refractivity contribution >= 4 is 108 Å². The summed E-state index contributed by atoms with van der Waals surface area (Å²) in [5.41, 5.74) is 17.4. The third-order valence-electron chi connectivity index (χ3n) is 21.6. The van der Waals surface area contributed by atoms with Gasteiger partial charge in [0.25, 0.3) is 0 Å². The summed E-state index contributed by atoms with van der Waals surface area (Å²) in [5, 5.41) is 19.9. The van der Waals surface area contributed by atoms with Crippen LogP contribution in [0.2, 0.25) is 0 Å². The molecule has 4 aromatic heterocycles. The van der Waals surface area contributed by atoms with E-state index in [0.29, 0.717) is 34.9 Å². The highest BCUT2D eigenvalue weighted by Crippen LogP contribution is 2.45. The van der Waals surface area contributed by atoms with Crippen molar-refractivity contribution in [3.63, 3.8) is 0 Å². The molecule has 0 saturated heterocycles. The van der Waals surface area contributed by atoms with E-state index in [1.165, 1.54) is 120 Å². The lowest BCUT2D eigenvalue weighted by Gasteiger charge is -2.14. The minimum atomic E-state index is 0.645. The zero-order valence-corrected chi connectivity index (χ0v) is 59.5. The molecule has 8 nitrogen and oxygen atoms in total. The van der Waals surface area contributed by atoms with Gasteiger partial charge in [0.05, 0.1) is 33.4 Å². The second kappa shape index (κ2) is 26.6. The number of hydrogen-bond donors (Lipinski definition) is 0. The summed E-state index contributed by atoms with van der Waals surface area (Å²) >= 11 is 0. The van der Waals surface area contributed by atoms with Gasteiger partial charge in [-0.25, -0.2) is 29.9 Å². The second-order valence-corrected chi connectivity index (χ2v) is 28.1. The first-order valence-electron chi connectivity index (χ1n) is 37.2. The first kappa shape index (κ1) is 63.6. The number of fused-ring (bicyclic) bond motifs is 16. The van der Waals surface area contributed by atoms with E-state index in [0.717, 1.165) is 55.6 Å². The van der Waals surface area contributed by atoms with Crippen molar-refractivity contribution in [1.29, 1.82) is 0 Å². The summed E-state index contributed by atoms with van der Waals surface area (Å²) in [4.78, 5) is 29.6. The van der Waals surface area contributed by atoms with Crippen molar-refractivity contribution in [3.8, 4) is 102 Å². The SMILES string of the molecule is c1ccc(-c2nc(-c3ccccc3)nc(-c3ccc(-c4ccc5c(ccc6c5c5ccccc5n6-c5cc6ccccc6c6ccccc56)c4)cc3)n2)cc1.c1ccc(-c2nc(-c3ccccc3)nc(-c3cccc(-c4ccc5c(ccc6c5c5ccccc5n6-c5cc6ccccc6c6ccccc56)c4)c3)n2)cc1. The Labute approximate surface area is 633 Å². The van der Waals surface area contributed by atoms with Crippen LogP contribution in [0.4, 0.5) is 0 Å². The highest BCUT2D eigenvalue weighted by Gasteiger charge is 2.22. The molecule has 0 bridgehead atoms. The molecule has 22 rings (SSSR count). The fourth-order valence-electron chi connectivity index (χ4n) is 16.4. The number of aromatic nitrogens is 8. The minimum absolute atomic E-state index is 0.645. The maximum absolute atomic E-state index is 4.99. The van der Waals surface area contributed by atoms with E-state index in [1.54, 1.807) is 0 Å². The molecule has 0 spiro atoms. The van der Waals surface area contributed by atoms with Crippen LogP contribution in [0.5, 0.6) is 0 Å². The van der Waals surface area contributed by atoms with Gasteiger partial charge in [0.1, 0.15) is 0 Å². The maximum Gasteiger partial charge on any atom is 0.164 e. The number of hydrogen-bond acceptors (Lipinski definition) is 6. The molecule has 0 atom stereocenters. The first-order chi connectivity index (χ1) is 54.5. The normalized spacial score (nSPS) is 11.6. The van der Waals surface area contributed by atoms with E-state index in [-0.39, 0.29) is 0 Å². The number of rotatable bonds is 10. The molecule has 0 amide bonds. The van der Waals surface area contributed by atoms with Crippen molar-refractivity contribution in [2.24, 2.45) is 0 Å². The molecule has 0 fully saturated rings. The molecule has 0 N–H and O–H groups in total. The Morgan fingerprint density at radius 1 is 0.145 bits per heavy atom. The fraction of sp³-hybridized carbons (Fsp3) is 0. The van der Waals surface area contributed by atoms with Crippen molar-refractivity contribution < 1.29 is 0 Å². The largest absolute Gasteiger partial charge is 0.309 e. The Kier molecular flexibility index (Phi) is 15.4. The van der Waals surface area contributed by atoms with Gasteiger partial charge >= 0.3 is 0 Å². The van der Waals surface area contributed by atoms with Crippen LogP contribution in [0.25, 0.3) is 210 Å². The van der Waals surface area contributed by atoms with Gasteiger partial charge in [-0.2, -0.15) is 0 Å². The van der Waals surface area contributed by atoms with Crippen LogP contribution in [0, 0.1) is 0 Å². The predicted octanol–water partition coefficient (Wildman–Crippen LogP) is 26.2. The summed E-state index contributed by atoms with van der Waals surface area (Å²) < 4.78 is 4.91. The van der Waals surface area contributed by atoms with E-state index in [4.69, 9.17) is 29.9 Å². The maximum atomic E-state index is 4.99. The monoisotopic (exact) mass is 1400 g/mol. The van der Waals surface area contributed by atoms with Gasteiger partial charge in [0, 0.05) is 65.7 Å². The molecule has 0 aliphatic heterocycles. The Balaban J connectivity index is 0.000000140. The van der Waals surface area contributed by atoms with Crippen molar-refractivity contribution in [1.82, 2.24) is 39.0 Å². The van der Waals surface area contributed by atoms with Crippen LogP contribution in [0.1, 0.15) is 0 Å². The van der Waals surface area contributed by atoms with E-state index in [9.17, 15) is 0 Å². The third kappa shape index (κ3) is 11.1. The number of nitrogens with zero attached hydrogens (tertiary/aromatic N) is 8. The van der Waals surface area contributed by atoms with Gasteiger partial charge in [-0.1, -0.05) is 334 Å². The Morgan fingerprint density at radius 3 is 0.845 bits per heavy atom. The third-order valence-corrected chi connectivity index (χ3v) is 21.6. The average Bonchev–Trinajstić information content (AvgIpc) is 1.56. The van der Waals surface area contributed by atoms with Crippen molar-refractivity contribution in [2.45, 2.75) is 0 Å². The first-order valence-corrected chi connectivity index (χ1v) is 37.2. The van der Waals surface area contributed by atoms with E-state index in [2.05, 4.69) is 276 Å². The van der Waals surface area contributed by atoms with Gasteiger partial charge in [0.2, 0.25) is 0 Å². The van der Waals surface area contributed by atoms with Crippen LogP contribution in [-0.2, 0) is 0 Å². The molecule has 4 heterocycles. The molecule has 512 valence electrons. The van der Waals surface area contributed by atoms with Crippen LogP contribution < -0.4 is 0 Å². The fourth-order valence-corrected chi connectivity index (χ4v) is 16.4. The van der Waals surface area contributed by atoms with Gasteiger partial charge in [-0.05, 0) is 131 Å². The van der Waals surface area contributed by atoms with Crippen LogP contribution in [0.3, 0.4) is 0 Å². The Bertz CT molecular complexity index is 7260. The minimum Gasteiger partial charge on any atom is -0.309 e. The molecule has 0 saturated carbocycles. The molecule has 22 aromatic rings. The quantitative estimate of drug-likeness (QED) is 0.127. The van der Waals surface area contributed by atoms with Gasteiger partial charge in [0.15, 0.2) is 34.9 Å². The summed E-state index contributed by atoms with van der Waals surface area (Å²) in [6.45, 7) is 0. The molecule has 0 radical (unpaired) electrons. The zero-order valence-electron chi connectivity index (χ0n) is 59.5. The smallest absolute Gasteiger partial charge is 0.164 e. The van der Waals surface area contributed by atoms with Crippen LogP contribution in [0.15, 0.2) is 388 Å². The molecule has 0 unspecified atom stereocenters. The summed E-state index contributed by atoms with van der Waals surface area (Å²) in [7, 11) is 0. The lowest BCUT2D eigenvalue weighted by molar-refractivity contribution is 1.07. The summed E-state index contributed by atoms with van der Waals surface area (Å²) in [6.07, 6.45) is 0. The molecule has 18 aromatic carbocycles. The van der Waals surface area contributed by atoms with Crippen molar-refractivity contribution in [2.75, 3.05) is 0 Å². The molecule has 0 aliphatic rings. The van der Waals surface area contributed by atoms with E-state index in [1.807, 2.05) is 121 Å². The highest BCUT2D eigenvalue weighted by atomic mass is 15.0.